The fourth-order valence-electron chi connectivity index (χ4n) is 2.73. The summed E-state index contributed by atoms with van der Waals surface area (Å²) < 4.78 is 0. The van der Waals surface area contributed by atoms with Crippen molar-refractivity contribution < 1.29 is 14.4 Å². The van der Waals surface area contributed by atoms with Crippen molar-refractivity contribution in [2.24, 2.45) is 0 Å². The molecule has 6 nitrogen and oxygen atoms in total. The standard InChI is InChI=1S/C19H16ClN3O3S/c1-11-6-7-12(20)10-15(11)21-19(27)22-16(24)8-9-23-17(25)13-4-2-3-5-14(13)18(23)26/h2-7,10H,8-9H2,1H3,(H2,21,22,24,27). The molecule has 0 aliphatic carbocycles. The smallest absolute Gasteiger partial charge is 0.261 e. The molecule has 0 bridgehead atoms. The van der Waals surface area contributed by atoms with Crippen LogP contribution < -0.4 is 10.6 Å². The number of halogens is 1. The molecule has 3 amide bonds. The Bertz CT molecular complexity index is 926. The highest BCUT2D eigenvalue weighted by Crippen LogP contribution is 2.22. The molecule has 0 spiro atoms. The Kier molecular flexibility index (Phi) is 5.53. The first-order valence-corrected chi connectivity index (χ1v) is 8.97. The van der Waals surface area contributed by atoms with Crippen molar-refractivity contribution in [2.75, 3.05) is 11.9 Å². The molecule has 1 heterocycles. The van der Waals surface area contributed by atoms with Crippen LogP contribution in [0, 0.1) is 6.92 Å². The number of hydrogen-bond donors (Lipinski definition) is 2. The zero-order valence-corrected chi connectivity index (χ0v) is 16.0. The van der Waals surface area contributed by atoms with Gasteiger partial charge < -0.3 is 10.6 Å². The van der Waals surface area contributed by atoms with E-state index in [1.54, 1.807) is 36.4 Å². The maximum atomic E-state index is 12.3. The summed E-state index contributed by atoms with van der Waals surface area (Å²) in [5, 5.41) is 6.11. The summed E-state index contributed by atoms with van der Waals surface area (Å²) in [5.41, 5.74) is 2.32. The van der Waals surface area contributed by atoms with Crippen molar-refractivity contribution in [2.45, 2.75) is 13.3 Å². The van der Waals surface area contributed by atoms with E-state index < -0.39 is 17.7 Å². The Morgan fingerprint density at radius 2 is 1.74 bits per heavy atom. The zero-order valence-electron chi connectivity index (χ0n) is 14.4. The first-order chi connectivity index (χ1) is 12.9. The number of rotatable bonds is 4. The monoisotopic (exact) mass is 401 g/mol. The van der Waals surface area contributed by atoms with Gasteiger partial charge in [0.15, 0.2) is 5.11 Å². The lowest BCUT2D eigenvalue weighted by Gasteiger charge is -2.15. The maximum absolute atomic E-state index is 12.3. The second kappa shape index (κ2) is 7.85. The molecule has 138 valence electrons. The summed E-state index contributed by atoms with van der Waals surface area (Å²) >= 11 is 11.1. The number of thiocarbonyl (C=S) groups is 1. The van der Waals surface area contributed by atoms with Gasteiger partial charge in [0.05, 0.1) is 11.1 Å². The second-order valence-electron chi connectivity index (χ2n) is 6.02. The highest BCUT2D eigenvalue weighted by atomic mass is 35.5. The predicted octanol–water partition coefficient (Wildman–Crippen LogP) is 3.15. The van der Waals surface area contributed by atoms with Crippen LogP contribution in [0.3, 0.4) is 0 Å². The first-order valence-electron chi connectivity index (χ1n) is 8.19. The molecule has 0 radical (unpaired) electrons. The lowest BCUT2D eigenvalue weighted by Crippen LogP contribution is -2.38. The van der Waals surface area contributed by atoms with Crippen molar-refractivity contribution in [3.63, 3.8) is 0 Å². The lowest BCUT2D eigenvalue weighted by molar-refractivity contribution is -0.119. The average Bonchev–Trinajstić information content (AvgIpc) is 2.87. The molecular weight excluding hydrogens is 386 g/mol. The molecule has 0 fully saturated rings. The van der Waals surface area contributed by atoms with Gasteiger partial charge in [0.1, 0.15) is 0 Å². The van der Waals surface area contributed by atoms with E-state index in [1.165, 1.54) is 0 Å². The molecule has 0 saturated heterocycles. The largest absolute Gasteiger partial charge is 0.332 e. The van der Waals surface area contributed by atoms with Gasteiger partial charge in [0.2, 0.25) is 5.91 Å². The number of imide groups is 1. The molecule has 27 heavy (non-hydrogen) atoms. The van der Waals surface area contributed by atoms with Crippen LogP contribution in [0.25, 0.3) is 0 Å². The quantitative estimate of drug-likeness (QED) is 0.607. The summed E-state index contributed by atoms with van der Waals surface area (Å²) in [7, 11) is 0. The number of fused-ring (bicyclic) bond motifs is 1. The van der Waals surface area contributed by atoms with Crippen molar-refractivity contribution in [1.29, 1.82) is 0 Å². The fraction of sp³-hybridized carbons (Fsp3) is 0.158. The number of anilines is 1. The molecule has 2 N–H and O–H groups in total. The van der Waals surface area contributed by atoms with Crippen molar-refractivity contribution in [1.82, 2.24) is 10.2 Å². The van der Waals surface area contributed by atoms with E-state index in [9.17, 15) is 14.4 Å². The van der Waals surface area contributed by atoms with Gasteiger partial charge in [-0.25, -0.2) is 0 Å². The van der Waals surface area contributed by atoms with E-state index in [0.717, 1.165) is 10.5 Å². The van der Waals surface area contributed by atoms with E-state index in [4.69, 9.17) is 23.8 Å². The van der Waals surface area contributed by atoms with Gasteiger partial charge in [-0.05, 0) is 49.0 Å². The average molecular weight is 402 g/mol. The number of carbonyl (C=O) groups excluding carboxylic acids is 3. The molecule has 1 aliphatic heterocycles. The predicted molar refractivity (Wildman–Crippen MR) is 107 cm³/mol. The number of nitrogens with one attached hydrogen (secondary N) is 2. The molecule has 3 rings (SSSR count). The fourth-order valence-corrected chi connectivity index (χ4v) is 3.12. The molecule has 2 aromatic carbocycles. The van der Waals surface area contributed by atoms with Crippen LogP contribution in [0.2, 0.25) is 5.02 Å². The minimum absolute atomic E-state index is 0.0169. The summed E-state index contributed by atoms with van der Waals surface area (Å²) in [6.45, 7) is 1.86. The minimum atomic E-state index is -0.399. The van der Waals surface area contributed by atoms with E-state index in [2.05, 4.69) is 10.6 Å². The van der Waals surface area contributed by atoms with Gasteiger partial charge in [-0.3, -0.25) is 19.3 Å². The first kappa shape index (κ1) is 19.0. The van der Waals surface area contributed by atoms with E-state index >= 15 is 0 Å². The van der Waals surface area contributed by atoms with Gasteiger partial charge in [0, 0.05) is 23.7 Å². The van der Waals surface area contributed by atoms with Crippen molar-refractivity contribution in [3.05, 3.63) is 64.2 Å². The normalized spacial score (nSPS) is 12.7. The van der Waals surface area contributed by atoms with E-state index in [-0.39, 0.29) is 18.1 Å². The number of amides is 3. The van der Waals surface area contributed by atoms with Crippen LogP contribution >= 0.6 is 23.8 Å². The Morgan fingerprint density at radius 1 is 1.11 bits per heavy atom. The van der Waals surface area contributed by atoms with E-state index in [0.29, 0.717) is 21.8 Å². The van der Waals surface area contributed by atoms with Crippen LogP contribution in [0.4, 0.5) is 5.69 Å². The van der Waals surface area contributed by atoms with Gasteiger partial charge >= 0.3 is 0 Å². The molecule has 1 aliphatic rings. The molecular formula is C19H16ClN3O3S. The summed E-state index contributed by atoms with van der Waals surface area (Å²) in [5.74, 6) is -1.18. The number of benzene rings is 2. The minimum Gasteiger partial charge on any atom is -0.332 e. The maximum Gasteiger partial charge on any atom is 0.261 e. The van der Waals surface area contributed by atoms with Crippen LogP contribution in [0.1, 0.15) is 32.7 Å². The third kappa shape index (κ3) is 4.15. The highest BCUT2D eigenvalue weighted by molar-refractivity contribution is 7.80. The Morgan fingerprint density at radius 3 is 2.37 bits per heavy atom. The molecule has 2 aromatic rings. The number of hydrogen-bond acceptors (Lipinski definition) is 4. The van der Waals surface area contributed by atoms with E-state index in [1.807, 2.05) is 13.0 Å². The van der Waals surface area contributed by atoms with Crippen LogP contribution in [-0.4, -0.2) is 34.3 Å². The van der Waals surface area contributed by atoms with Gasteiger partial charge in [-0.15, -0.1) is 0 Å². The van der Waals surface area contributed by atoms with Gasteiger partial charge in [-0.2, -0.15) is 0 Å². The van der Waals surface area contributed by atoms with Gasteiger partial charge in [0.25, 0.3) is 11.8 Å². The third-order valence-electron chi connectivity index (χ3n) is 4.14. The molecule has 0 unspecified atom stereocenters. The third-order valence-corrected chi connectivity index (χ3v) is 4.58. The SMILES string of the molecule is Cc1ccc(Cl)cc1NC(=S)NC(=O)CCN1C(=O)c2ccccc2C1=O. The van der Waals surface area contributed by atoms with Crippen LogP contribution in [0.15, 0.2) is 42.5 Å². The zero-order chi connectivity index (χ0) is 19.6. The van der Waals surface area contributed by atoms with Crippen LogP contribution in [0.5, 0.6) is 0 Å². The van der Waals surface area contributed by atoms with Crippen LogP contribution in [-0.2, 0) is 4.79 Å². The van der Waals surface area contributed by atoms with Crippen molar-refractivity contribution in [3.8, 4) is 0 Å². The topological polar surface area (TPSA) is 78.5 Å². The summed E-state index contributed by atoms with van der Waals surface area (Å²) in [4.78, 5) is 37.7. The highest BCUT2D eigenvalue weighted by Gasteiger charge is 2.34. The Balaban J connectivity index is 1.54. The van der Waals surface area contributed by atoms with Crippen molar-refractivity contribution >= 4 is 52.3 Å². The number of aryl methyl sites for hydroxylation is 1. The molecule has 0 aromatic heterocycles. The molecule has 0 saturated carbocycles. The molecule has 0 atom stereocenters. The van der Waals surface area contributed by atoms with Gasteiger partial charge in [-0.1, -0.05) is 29.8 Å². The summed E-state index contributed by atoms with van der Waals surface area (Å²) in [6.07, 6.45) is -0.0538. The number of carbonyl (C=O) groups is 3. The Hall–Kier alpha value is -2.77. The number of nitrogens with zero attached hydrogens (tertiary/aromatic N) is 1. The second-order valence-corrected chi connectivity index (χ2v) is 6.86. The Labute approximate surface area is 166 Å². The summed E-state index contributed by atoms with van der Waals surface area (Å²) in [6, 6.07) is 11.9. The molecule has 8 heteroatoms. The lowest BCUT2D eigenvalue weighted by atomic mass is 10.1.